The fourth-order valence-electron chi connectivity index (χ4n) is 1.42. The van der Waals surface area contributed by atoms with Crippen molar-refractivity contribution in [1.82, 2.24) is 0 Å². The van der Waals surface area contributed by atoms with E-state index in [0.717, 1.165) is 17.7 Å². The molecule has 1 aliphatic rings. The maximum atomic E-state index is 11.0. The van der Waals surface area contributed by atoms with Crippen LogP contribution in [0.3, 0.4) is 0 Å². The molecule has 0 bridgehead atoms. The molecule has 0 aromatic heterocycles. The Bertz CT molecular complexity index is 336. The monoisotopic (exact) mass is 344 g/mol. The molecule has 0 fully saturated rings. The SMILES string of the molecule is Cc1ccc2c(c1)[N-]C(=O)CC2.[W]. The number of amides is 1. The molecule has 2 nitrogen and oxygen atoms in total. The van der Waals surface area contributed by atoms with Crippen LogP contribution < -0.4 is 0 Å². The smallest absolute Gasteiger partial charge is 0.0548 e. The number of fused-ring (bicyclic) bond motifs is 1. The van der Waals surface area contributed by atoms with Crippen molar-refractivity contribution in [3.8, 4) is 0 Å². The number of carbonyl (C=O) groups is 1. The minimum Gasteiger partial charge on any atom is -0.627 e. The molecule has 1 aliphatic heterocycles. The molecular formula is C10H10NOW-. The molecule has 3 heteroatoms. The molecule has 0 unspecified atom stereocenters. The van der Waals surface area contributed by atoms with Gasteiger partial charge in [0.05, 0.1) is 5.91 Å². The second-order valence-electron chi connectivity index (χ2n) is 3.14. The first kappa shape index (κ1) is 10.5. The first-order valence-corrected chi connectivity index (χ1v) is 4.10. The number of benzene rings is 1. The van der Waals surface area contributed by atoms with Crippen molar-refractivity contribution >= 4 is 11.6 Å². The molecule has 0 radical (unpaired) electrons. The number of nitrogens with zero attached hydrogens (tertiary/aromatic N) is 1. The predicted octanol–water partition coefficient (Wildman–Crippen LogP) is 2.47. The topological polar surface area (TPSA) is 31.2 Å². The van der Waals surface area contributed by atoms with Gasteiger partial charge in [0.15, 0.2) is 0 Å². The maximum absolute atomic E-state index is 11.0. The molecule has 0 atom stereocenters. The van der Waals surface area contributed by atoms with E-state index < -0.39 is 0 Å². The Morgan fingerprint density at radius 3 is 2.85 bits per heavy atom. The van der Waals surface area contributed by atoms with Crippen LogP contribution in [0.5, 0.6) is 0 Å². The molecule has 0 saturated carbocycles. The maximum Gasteiger partial charge on any atom is 0.0548 e. The Labute approximate surface area is 92.0 Å². The molecule has 2 rings (SSSR count). The van der Waals surface area contributed by atoms with Crippen LogP contribution in [-0.4, -0.2) is 5.91 Å². The summed E-state index contributed by atoms with van der Waals surface area (Å²) in [5.41, 5.74) is 3.22. The van der Waals surface area contributed by atoms with E-state index >= 15 is 0 Å². The molecule has 1 heterocycles. The second-order valence-corrected chi connectivity index (χ2v) is 3.14. The Morgan fingerprint density at radius 1 is 1.31 bits per heavy atom. The van der Waals surface area contributed by atoms with E-state index in [0.29, 0.717) is 6.42 Å². The normalized spacial score (nSPS) is 14.1. The van der Waals surface area contributed by atoms with Gasteiger partial charge in [0.1, 0.15) is 0 Å². The van der Waals surface area contributed by atoms with Crippen LogP contribution in [0.15, 0.2) is 18.2 Å². The van der Waals surface area contributed by atoms with Crippen molar-refractivity contribution in [3.05, 3.63) is 34.6 Å². The van der Waals surface area contributed by atoms with Crippen LogP contribution in [0.25, 0.3) is 5.32 Å². The van der Waals surface area contributed by atoms with Gasteiger partial charge in [-0.1, -0.05) is 29.3 Å². The third kappa shape index (κ3) is 2.19. The molecule has 0 saturated heterocycles. The van der Waals surface area contributed by atoms with E-state index in [9.17, 15) is 4.79 Å². The minimum absolute atomic E-state index is 0. The average molecular weight is 344 g/mol. The molecule has 1 aromatic carbocycles. The van der Waals surface area contributed by atoms with Crippen LogP contribution in [0.2, 0.25) is 0 Å². The van der Waals surface area contributed by atoms with Crippen LogP contribution >= 0.6 is 0 Å². The summed E-state index contributed by atoms with van der Waals surface area (Å²) < 4.78 is 0. The van der Waals surface area contributed by atoms with Crippen LogP contribution in [0, 0.1) is 6.92 Å². The van der Waals surface area contributed by atoms with Crippen LogP contribution in [0.1, 0.15) is 17.5 Å². The van der Waals surface area contributed by atoms with Gasteiger partial charge in [-0.25, -0.2) is 0 Å². The second kappa shape index (κ2) is 4.06. The molecule has 1 amide bonds. The van der Waals surface area contributed by atoms with Crippen molar-refractivity contribution < 1.29 is 25.9 Å². The van der Waals surface area contributed by atoms with Crippen LogP contribution in [-0.2, 0) is 32.3 Å². The molecule has 0 aliphatic carbocycles. The first-order chi connectivity index (χ1) is 5.75. The predicted molar refractivity (Wildman–Crippen MR) is 47.5 cm³/mol. The van der Waals surface area contributed by atoms with Crippen molar-refractivity contribution in [2.45, 2.75) is 19.8 Å². The Hall–Kier alpha value is -0.622. The summed E-state index contributed by atoms with van der Waals surface area (Å²) in [6.45, 7) is 2.01. The summed E-state index contributed by atoms with van der Waals surface area (Å²) >= 11 is 0. The van der Waals surface area contributed by atoms with Crippen molar-refractivity contribution in [2.75, 3.05) is 0 Å². The van der Waals surface area contributed by atoms with E-state index in [4.69, 9.17) is 0 Å². The van der Waals surface area contributed by atoms with E-state index in [-0.39, 0.29) is 27.0 Å². The number of hydrogen-bond acceptors (Lipinski definition) is 1. The van der Waals surface area contributed by atoms with Gasteiger partial charge >= 0.3 is 0 Å². The standard InChI is InChI=1S/C10H11NO.W/c1-7-2-3-8-4-5-10(12)11-9(8)6-7;/h2-3,6H,4-5H2,1H3,(H,11,12);/p-1. The van der Waals surface area contributed by atoms with E-state index in [1.165, 1.54) is 5.56 Å². The third-order valence-electron chi connectivity index (χ3n) is 2.09. The zero-order valence-electron chi connectivity index (χ0n) is 7.41. The van der Waals surface area contributed by atoms with Gasteiger partial charge in [0, 0.05) is 21.1 Å². The molecule has 68 valence electrons. The summed E-state index contributed by atoms with van der Waals surface area (Å²) in [6, 6.07) is 6.08. The summed E-state index contributed by atoms with van der Waals surface area (Å²) in [6.07, 6.45) is 1.41. The molecule has 1 aromatic rings. The van der Waals surface area contributed by atoms with Crippen molar-refractivity contribution in [1.29, 1.82) is 0 Å². The summed E-state index contributed by atoms with van der Waals surface area (Å²) in [5, 5.41) is 3.97. The van der Waals surface area contributed by atoms with Gasteiger partial charge in [0.2, 0.25) is 0 Å². The van der Waals surface area contributed by atoms with Gasteiger partial charge in [-0.15, -0.1) is 5.69 Å². The van der Waals surface area contributed by atoms with Gasteiger partial charge in [-0.05, 0) is 19.8 Å². The summed E-state index contributed by atoms with van der Waals surface area (Å²) in [5.74, 6) is 0.00750. The minimum atomic E-state index is 0. The number of carbonyl (C=O) groups excluding carboxylic acids is 1. The zero-order valence-corrected chi connectivity index (χ0v) is 10.3. The number of rotatable bonds is 0. The van der Waals surface area contributed by atoms with E-state index in [1.54, 1.807) is 0 Å². The average Bonchev–Trinajstić information content (AvgIpc) is 2.03. The van der Waals surface area contributed by atoms with E-state index in [1.807, 2.05) is 13.0 Å². The number of hydrogen-bond donors (Lipinski definition) is 0. The number of aryl methyl sites for hydroxylation is 2. The largest absolute Gasteiger partial charge is 0.627 e. The molecule has 0 N–H and O–H groups in total. The third-order valence-corrected chi connectivity index (χ3v) is 2.09. The Balaban J connectivity index is 0.000000845. The van der Waals surface area contributed by atoms with Gasteiger partial charge in [-0.2, -0.15) is 0 Å². The van der Waals surface area contributed by atoms with Gasteiger partial charge in [-0.3, -0.25) is 0 Å². The van der Waals surface area contributed by atoms with Gasteiger partial charge < -0.3 is 10.1 Å². The van der Waals surface area contributed by atoms with Crippen LogP contribution in [0.4, 0.5) is 5.69 Å². The van der Waals surface area contributed by atoms with E-state index in [2.05, 4.69) is 17.4 Å². The molecular weight excluding hydrogens is 334 g/mol. The molecule has 13 heavy (non-hydrogen) atoms. The first-order valence-electron chi connectivity index (χ1n) is 4.10. The summed E-state index contributed by atoms with van der Waals surface area (Å²) in [7, 11) is 0. The Kier molecular flexibility index (Phi) is 3.26. The zero-order chi connectivity index (χ0) is 8.55. The Morgan fingerprint density at radius 2 is 2.08 bits per heavy atom. The fraction of sp³-hybridized carbons (Fsp3) is 0.300. The fourth-order valence-corrected chi connectivity index (χ4v) is 1.42. The van der Waals surface area contributed by atoms with Gasteiger partial charge in [0.25, 0.3) is 0 Å². The molecule has 0 spiro atoms. The summed E-state index contributed by atoms with van der Waals surface area (Å²) in [4.78, 5) is 11.0. The van der Waals surface area contributed by atoms with Crippen molar-refractivity contribution in [3.63, 3.8) is 0 Å². The quantitative estimate of drug-likeness (QED) is 0.712. The van der Waals surface area contributed by atoms with Crippen molar-refractivity contribution in [2.24, 2.45) is 0 Å².